The maximum absolute atomic E-state index is 11.5. The van der Waals surface area contributed by atoms with Gasteiger partial charge >= 0.3 is 0 Å². The molecule has 6 heteroatoms. The molecule has 0 amide bonds. The molecule has 23 heavy (non-hydrogen) atoms. The van der Waals surface area contributed by atoms with Crippen molar-refractivity contribution in [3.05, 3.63) is 63.1 Å². The zero-order chi connectivity index (χ0) is 16.4. The Labute approximate surface area is 144 Å². The molecule has 0 bridgehead atoms. The second kappa shape index (κ2) is 6.67. The number of ether oxygens (including phenoxy) is 1. The monoisotopic (exact) mass is 353 g/mol. The number of hydrogen-bond donors (Lipinski definition) is 3. The van der Waals surface area contributed by atoms with E-state index in [9.17, 15) is 5.11 Å². The molecule has 0 saturated heterocycles. The second-order valence-electron chi connectivity index (χ2n) is 5.47. The lowest BCUT2D eigenvalue weighted by molar-refractivity contribution is 0.0779. The van der Waals surface area contributed by atoms with Gasteiger partial charge < -0.3 is 20.3 Å². The van der Waals surface area contributed by atoms with E-state index in [1.807, 2.05) is 24.3 Å². The van der Waals surface area contributed by atoms with Crippen LogP contribution in [0.4, 0.5) is 0 Å². The summed E-state index contributed by atoms with van der Waals surface area (Å²) in [7, 11) is 0. The van der Waals surface area contributed by atoms with Crippen molar-refractivity contribution < 1.29 is 14.9 Å². The summed E-state index contributed by atoms with van der Waals surface area (Å²) < 4.78 is 5.83. The van der Waals surface area contributed by atoms with Gasteiger partial charge in [-0.2, -0.15) is 0 Å². The third-order valence-electron chi connectivity index (χ3n) is 3.96. The molecule has 0 spiro atoms. The fourth-order valence-electron chi connectivity index (χ4n) is 2.90. The predicted molar refractivity (Wildman–Crippen MR) is 90.2 cm³/mol. The highest BCUT2D eigenvalue weighted by molar-refractivity contribution is 6.35. The normalized spacial score (nSPS) is 19.5. The summed E-state index contributed by atoms with van der Waals surface area (Å²) in [4.78, 5) is 0. The molecule has 0 aromatic heterocycles. The molecule has 2 aromatic carbocycles. The van der Waals surface area contributed by atoms with Crippen molar-refractivity contribution in [2.24, 2.45) is 0 Å². The van der Waals surface area contributed by atoms with Gasteiger partial charge in [0, 0.05) is 23.7 Å². The quantitative estimate of drug-likeness (QED) is 0.739. The van der Waals surface area contributed by atoms with Crippen LogP contribution in [-0.4, -0.2) is 29.9 Å². The largest absolute Gasteiger partial charge is 0.487 e. The molecule has 122 valence electrons. The van der Waals surface area contributed by atoms with E-state index < -0.39 is 5.60 Å². The van der Waals surface area contributed by atoms with E-state index in [1.54, 1.807) is 12.1 Å². The standard InChI is InChI=1S/C17H17Cl2NO3/c18-12-7-14-16(15(19)8-12)23-9-11-3-1-2-4-13(11)17(14,22)10-20-5-6-21/h1-4,7-8,20-22H,5-6,9-10H2. The fourth-order valence-corrected chi connectivity index (χ4v) is 3.45. The Bertz CT molecular complexity index is 723. The van der Waals surface area contributed by atoms with E-state index in [2.05, 4.69) is 5.32 Å². The van der Waals surface area contributed by atoms with Gasteiger partial charge in [-0.1, -0.05) is 47.5 Å². The Morgan fingerprint density at radius 1 is 1.17 bits per heavy atom. The number of benzene rings is 2. The molecule has 3 N–H and O–H groups in total. The smallest absolute Gasteiger partial charge is 0.144 e. The first-order chi connectivity index (χ1) is 11.1. The molecule has 1 unspecified atom stereocenters. The van der Waals surface area contributed by atoms with Gasteiger partial charge in [0.05, 0.1) is 11.6 Å². The molecule has 0 radical (unpaired) electrons. The summed E-state index contributed by atoms with van der Waals surface area (Å²) >= 11 is 12.4. The van der Waals surface area contributed by atoms with Gasteiger partial charge in [-0.15, -0.1) is 0 Å². The molecule has 1 heterocycles. The number of fused-ring (bicyclic) bond motifs is 2. The molecule has 1 aliphatic heterocycles. The van der Waals surface area contributed by atoms with Crippen LogP contribution in [0.3, 0.4) is 0 Å². The lowest BCUT2D eigenvalue weighted by atomic mass is 9.83. The van der Waals surface area contributed by atoms with Crippen molar-refractivity contribution in [2.45, 2.75) is 12.2 Å². The molecule has 1 atom stereocenters. The lowest BCUT2D eigenvalue weighted by Crippen LogP contribution is -2.40. The van der Waals surface area contributed by atoms with Gasteiger partial charge in [0.25, 0.3) is 0 Å². The third kappa shape index (κ3) is 3.05. The van der Waals surface area contributed by atoms with Crippen LogP contribution < -0.4 is 10.1 Å². The molecule has 0 aliphatic carbocycles. The summed E-state index contributed by atoms with van der Waals surface area (Å²) in [5.41, 5.74) is 0.781. The Balaban J connectivity index is 2.18. The van der Waals surface area contributed by atoms with Crippen LogP contribution in [0.5, 0.6) is 5.75 Å². The van der Waals surface area contributed by atoms with Crippen LogP contribution in [0.15, 0.2) is 36.4 Å². The molecule has 0 saturated carbocycles. The first kappa shape index (κ1) is 16.6. The van der Waals surface area contributed by atoms with Gasteiger partial charge in [-0.25, -0.2) is 0 Å². The average Bonchev–Trinajstić information content (AvgIpc) is 2.65. The van der Waals surface area contributed by atoms with Crippen molar-refractivity contribution in [1.82, 2.24) is 5.32 Å². The van der Waals surface area contributed by atoms with Gasteiger partial charge in [0.1, 0.15) is 18.0 Å². The van der Waals surface area contributed by atoms with Crippen LogP contribution >= 0.6 is 23.2 Å². The van der Waals surface area contributed by atoms with E-state index in [0.717, 1.165) is 11.1 Å². The minimum atomic E-state index is -1.36. The van der Waals surface area contributed by atoms with Crippen LogP contribution in [0.25, 0.3) is 0 Å². The van der Waals surface area contributed by atoms with Crippen molar-refractivity contribution in [3.8, 4) is 5.75 Å². The summed E-state index contributed by atoms with van der Waals surface area (Å²) in [5, 5.41) is 24.3. The Hall–Kier alpha value is -1.30. The van der Waals surface area contributed by atoms with E-state index in [4.69, 9.17) is 33.0 Å². The number of halogens is 2. The molecule has 2 aromatic rings. The van der Waals surface area contributed by atoms with Crippen LogP contribution in [0.2, 0.25) is 10.0 Å². The highest BCUT2D eigenvalue weighted by Gasteiger charge is 2.39. The van der Waals surface area contributed by atoms with Crippen LogP contribution in [0, 0.1) is 0 Å². The first-order valence-electron chi connectivity index (χ1n) is 7.31. The number of hydrogen-bond acceptors (Lipinski definition) is 4. The highest BCUT2D eigenvalue weighted by Crippen LogP contribution is 2.44. The Morgan fingerprint density at radius 2 is 1.96 bits per heavy atom. The van der Waals surface area contributed by atoms with Crippen molar-refractivity contribution in [2.75, 3.05) is 19.7 Å². The zero-order valence-corrected chi connectivity index (χ0v) is 13.9. The number of aliphatic hydroxyl groups excluding tert-OH is 1. The Morgan fingerprint density at radius 3 is 2.74 bits per heavy atom. The molecule has 0 fully saturated rings. The minimum absolute atomic E-state index is 0.0165. The summed E-state index contributed by atoms with van der Waals surface area (Å²) in [6, 6.07) is 10.8. The lowest BCUT2D eigenvalue weighted by Gasteiger charge is -2.30. The molecule has 3 rings (SSSR count). The molecule has 4 nitrogen and oxygen atoms in total. The number of aliphatic hydroxyl groups is 2. The van der Waals surface area contributed by atoms with E-state index in [0.29, 0.717) is 34.5 Å². The summed E-state index contributed by atoms with van der Waals surface area (Å²) in [5.74, 6) is 0.431. The SMILES string of the molecule is OCCNCC1(O)c2ccccc2COc2c(Cl)cc(Cl)cc21. The zero-order valence-electron chi connectivity index (χ0n) is 12.4. The first-order valence-corrected chi connectivity index (χ1v) is 8.06. The highest BCUT2D eigenvalue weighted by atomic mass is 35.5. The van der Waals surface area contributed by atoms with Crippen LogP contribution in [0.1, 0.15) is 16.7 Å². The van der Waals surface area contributed by atoms with E-state index in [-0.39, 0.29) is 13.2 Å². The predicted octanol–water partition coefficient (Wildman–Crippen LogP) is 2.70. The number of nitrogens with one attached hydrogen (secondary N) is 1. The maximum Gasteiger partial charge on any atom is 0.144 e. The van der Waals surface area contributed by atoms with Crippen molar-refractivity contribution in [3.63, 3.8) is 0 Å². The second-order valence-corrected chi connectivity index (χ2v) is 6.31. The van der Waals surface area contributed by atoms with Gasteiger partial charge in [-0.3, -0.25) is 0 Å². The van der Waals surface area contributed by atoms with E-state index >= 15 is 0 Å². The van der Waals surface area contributed by atoms with Gasteiger partial charge in [0.2, 0.25) is 0 Å². The Kier molecular flexibility index (Phi) is 4.80. The fraction of sp³-hybridized carbons (Fsp3) is 0.294. The number of rotatable bonds is 4. The van der Waals surface area contributed by atoms with Gasteiger partial charge in [0.15, 0.2) is 0 Å². The minimum Gasteiger partial charge on any atom is -0.487 e. The topological polar surface area (TPSA) is 61.7 Å². The summed E-state index contributed by atoms with van der Waals surface area (Å²) in [6.45, 7) is 0.872. The van der Waals surface area contributed by atoms with Crippen LogP contribution in [-0.2, 0) is 12.2 Å². The molecular formula is C17H17Cl2NO3. The van der Waals surface area contributed by atoms with E-state index in [1.165, 1.54) is 0 Å². The van der Waals surface area contributed by atoms with Crippen molar-refractivity contribution in [1.29, 1.82) is 0 Å². The van der Waals surface area contributed by atoms with Crippen molar-refractivity contribution >= 4 is 23.2 Å². The van der Waals surface area contributed by atoms with Gasteiger partial charge in [-0.05, 0) is 23.3 Å². The molecule has 1 aliphatic rings. The molecular weight excluding hydrogens is 337 g/mol. The summed E-state index contributed by atoms with van der Waals surface area (Å²) in [6.07, 6.45) is 0. The maximum atomic E-state index is 11.5. The average molecular weight is 354 g/mol. The third-order valence-corrected chi connectivity index (χ3v) is 4.46.